The van der Waals surface area contributed by atoms with E-state index in [4.69, 9.17) is 4.42 Å². The fourth-order valence-corrected chi connectivity index (χ4v) is 2.83. The number of aryl methyl sites for hydroxylation is 3. The molecule has 0 saturated heterocycles. The third-order valence-corrected chi connectivity index (χ3v) is 3.75. The van der Waals surface area contributed by atoms with Crippen molar-refractivity contribution in [3.05, 3.63) is 39.1 Å². The zero-order chi connectivity index (χ0) is 17.1. The number of aromatic nitrogens is 2. The molecule has 2 heterocycles. The summed E-state index contributed by atoms with van der Waals surface area (Å²) in [6, 6.07) is 2.81. The van der Waals surface area contributed by atoms with Gasteiger partial charge in [0.1, 0.15) is 11.6 Å². The van der Waals surface area contributed by atoms with Crippen LogP contribution < -0.4 is 5.63 Å². The van der Waals surface area contributed by atoms with Gasteiger partial charge < -0.3 is 8.98 Å². The van der Waals surface area contributed by atoms with Gasteiger partial charge in [0.15, 0.2) is 11.4 Å². The van der Waals surface area contributed by atoms with Gasteiger partial charge >= 0.3 is 11.8 Å². The van der Waals surface area contributed by atoms with Crippen molar-refractivity contribution < 1.29 is 17.6 Å². The van der Waals surface area contributed by atoms with Crippen molar-refractivity contribution in [2.24, 2.45) is 7.05 Å². The van der Waals surface area contributed by atoms with Crippen molar-refractivity contribution in [3.8, 4) is 6.07 Å². The van der Waals surface area contributed by atoms with Gasteiger partial charge in [-0.15, -0.1) is 0 Å². The minimum Gasteiger partial charge on any atom is -0.407 e. The van der Waals surface area contributed by atoms with Crippen LogP contribution in [0.15, 0.2) is 15.3 Å². The summed E-state index contributed by atoms with van der Waals surface area (Å²) in [6.45, 7) is 2.80. The van der Waals surface area contributed by atoms with Crippen LogP contribution in [0, 0.1) is 25.2 Å². The van der Waals surface area contributed by atoms with Gasteiger partial charge in [-0.2, -0.15) is 18.4 Å². The highest BCUT2D eigenvalue weighted by molar-refractivity contribution is 6.09. The lowest BCUT2D eigenvalue weighted by Crippen LogP contribution is -2.07. The summed E-state index contributed by atoms with van der Waals surface area (Å²) in [6.07, 6.45) is -4.64. The van der Waals surface area contributed by atoms with Crippen molar-refractivity contribution in [1.82, 2.24) is 9.55 Å². The maximum Gasteiger partial charge on any atom is 0.417 e. The molecule has 8 heteroatoms. The van der Waals surface area contributed by atoms with Crippen LogP contribution in [0.5, 0.6) is 0 Å². The van der Waals surface area contributed by atoms with Crippen LogP contribution in [0.3, 0.4) is 0 Å². The van der Waals surface area contributed by atoms with Gasteiger partial charge in [0.2, 0.25) is 0 Å². The third-order valence-electron chi connectivity index (χ3n) is 3.75. The average molecular weight is 321 g/mol. The molecule has 0 fully saturated rings. The maximum atomic E-state index is 13.5. The van der Waals surface area contributed by atoms with E-state index in [2.05, 4.69) is 4.98 Å². The van der Waals surface area contributed by atoms with Crippen LogP contribution in [0.25, 0.3) is 21.9 Å². The fourth-order valence-electron chi connectivity index (χ4n) is 2.83. The number of hydrogen-bond donors (Lipinski definition) is 0. The molecule has 0 radical (unpaired) electrons. The monoisotopic (exact) mass is 321 g/mol. The molecule has 23 heavy (non-hydrogen) atoms. The zero-order valence-electron chi connectivity index (χ0n) is 12.4. The Morgan fingerprint density at radius 1 is 1.30 bits per heavy atom. The number of benzene rings is 1. The molecule has 3 aromatic rings. The lowest BCUT2D eigenvalue weighted by molar-refractivity contribution is -0.136. The van der Waals surface area contributed by atoms with Gasteiger partial charge in [-0.3, -0.25) is 0 Å². The summed E-state index contributed by atoms with van der Waals surface area (Å²) >= 11 is 0. The summed E-state index contributed by atoms with van der Waals surface area (Å²) in [5.74, 6) is -0.0396. The average Bonchev–Trinajstić information content (AvgIpc) is 2.70. The Morgan fingerprint density at radius 2 is 1.96 bits per heavy atom. The third kappa shape index (κ3) is 2.00. The molecule has 0 unspecified atom stereocenters. The van der Waals surface area contributed by atoms with E-state index in [0.717, 1.165) is 6.07 Å². The predicted molar refractivity (Wildman–Crippen MR) is 75.9 cm³/mol. The van der Waals surface area contributed by atoms with Gasteiger partial charge in [-0.05, 0) is 18.6 Å². The number of rotatable bonds is 0. The van der Waals surface area contributed by atoms with E-state index in [1.807, 2.05) is 6.07 Å². The van der Waals surface area contributed by atoms with Gasteiger partial charge in [0.05, 0.1) is 16.6 Å². The fraction of sp³-hybridized carbons (Fsp3) is 0.267. The molecule has 0 spiro atoms. The first-order valence-corrected chi connectivity index (χ1v) is 6.57. The summed E-state index contributed by atoms with van der Waals surface area (Å²) in [7, 11) is 1.42. The Labute approximate surface area is 127 Å². The number of hydrogen-bond acceptors (Lipinski definition) is 4. The Balaban J connectivity index is 2.77. The first-order chi connectivity index (χ1) is 10.7. The van der Waals surface area contributed by atoms with Gasteiger partial charge in [0, 0.05) is 19.4 Å². The van der Waals surface area contributed by atoms with Gasteiger partial charge in [-0.1, -0.05) is 0 Å². The minimum atomic E-state index is -4.64. The number of fused-ring (bicyclic) bond motifs is 3. The molecule has 3 rings (SSSR count). The van der Waals surface area contributed by atoms with Crippen molar-refractivity contribution in [2.45, 2.75) is 20.0 Å². The highest BCUT2D eigenvalue weighted by Crippen LogP contribution is 2.40. The number of halogens is 3. The Bertz CT molecular complexity index is 1070. The molecule has 118 valence electrons. The highest BCUT2D eigenvalue weighted by atomic mass is 19.4. The molecule has 0 saturated carbocycles. The Kier molecular flexibility index (Phi) is 3.01. The molecule has 0 aliphatic heterocycles. The Morgan fingerprint density at radius 3 is 2.52 bits per heavy atom. The van der Waals surface area contributed by atoms with E-state index in [1.165, 1.54) is 25.5 Å². The van der Waals surface area contributed by atoms with Crippen molar-refractivity contribution >= 4 is 21.9 Å². The topological polar surface area (TPSA) is 71.8 Å². The van der Waals surface area contributed by atoms with Crippen LogP contribution in [-0.2, 0) is 13.2 Å². The second-order valence-electron chi connectivity index (χ2n) is 5.23. The molecule has 2 aromatic heterocycles. The largest absolute Gasteiger partial charge is 0.417 e. The SMILES string of the molecule is Cc1nc2c3c(C(F)(F)F)cc(C)c(C#N)c3n(C)c2c(=O)o1. The molecule has 0 aliphatic rings. The lowest BCUT2D eigenvalue weighted by Gasteiger charge is -2.11. The maximum absolute atomic E-state index is 13.5. The van der Waals surface area contributed by atoms with E-state index in [-0.39, 0.29) is 39.0 Å². The van der Waals surface area contributed by atoms with E-state index in [1.54, 1.807) is 0 Å². The van der Waals surface area contributed by atoms with Gasteiger partial charge in [0.25, 0.3) is 0 Å². The van der Waals surface area contributed by atoms with Crippen LogP contribution >= 0.6 is 0 Å². The molecule has 0 N–H and O–H groups in total. The summed E-state index contributed by atoms with van der Waals surface area (Å²) in [4.78, 5) is 16.0. The summed E-state index contributed by atoms with van der Waals surface area (Å²) in [5.41, 5.74) is -1.64. The standard InChI is InChI=1S/C15H10F3N3O2/c1-6-4-9(15(16,17)18)10-11-13(14(22)23-7(2)20-11)21(3)12(10)8(6)5-19/h4H,1-3H3. The number of alkyl halides is 3. The van der Waals surface area contributed by atoms with Crippen LogP contribution in [0.4, 0.5) is 13.2 Å². The smallest absolute Gasteiger partial charge is 0.407 e. The number of nitriles is 1. The predicted octanol–water partition coefficient (Wildman–Crippen LogP) is 3.19. The quantitative estimate of drug-likeness (QED) is 0.637. The van der Waals surface area contributed by atoms with Crippen LogP contribution in [0.1, 0.15) is 22.6 Å². The second kappa shape index (κ2) is 4.59. The molecule has 1 aromatic carbocycles. The normalized spacial score (nSPS) is 12.0. The molecule has 0 bridgehead atoms. The molecule has 0 atom stereocenters. The lowest BCUT2D eigenvalue weighted by atomic mass is 10.00. The highest BCUT2D eigenvalue weighted by Gasteiger charge is 2.36. The minimum absolute atomic E-state index is 0.0280. The molecule has 0 aliphatic carbocycles. The van der Waals surface area contributed by atoms with E-state index < -0.39 is 17.4 Å². The molecular formula is C15H10F3N3O2. The van der Waals surface area contributed by atoms with Gasteiger partial charge in [-0.25, -0.2) is 9.78 Å². The second-order valence-corrected chi connectivity index (χ2v) is 5.23. The van der Waals surface area contributed by atoms with E-state index >= 15 is 0 Å². The number of nitrogens with zero attached hydrogens (tertiary/aromatic N) is 3. The van der Waals surface area contributed by atoms with Crippen molar-refractivity contribution in [1.29, 1.82) is 5.26 Å². The molecule has 0 amide bonds. The van der Waals surface area contributed by atoms with Crippen LogP contribution in [-0.4, -0.2) is 9.55 Å². The van der Waals surface area contributed by atoms with E-state index in [0.29, 0.717) is 0 Å². The van der Waals surface area contributed by atoms with E-state index in [9.17, 15) is 23.2 Å². The van der Waals surface area contributed by atoms with Crippen molar-refractivity contribution in [2.75, 3.05) is 0 Å². The molecule has 5 nitrogen and oxygen atoms in total. The van der Waals surface area contributed by atoms with Crippen molar-refractivity contribution in [3.63, 3.8) is 0 Å². The van der Waals surface area contributed by atoms with Crippen LogP contribution in [0.2, 0.25) is 0 Å². The summed E-state index contributed by atoms with van der Waals surface area (Å²) in [5, 5.41) is 9.06. The first-order valence-electron chi connectivity index (χ1n) is 6.57. The summed E-state index contributed by atoms with van der Waals surface area (Å²) < 4.78 is 46.5. The first kappa shape index (κ1) is 15.1. The molecular weight excluding hydrogens is 311 g/mol. The Hall–Kier alpha value is -2.82. The zero-order valence-corrected chi connectivity index (χ0v) is 12.4.